The topological polar surface area (TPSA) is 74.7 Å². The fourth-order valence-corrected chi connectivity index (χ4v) is 3.24. The SMILES string of the molecule is O=C(NCC1CCOCC1)c1cnc(N(Cl)c2ccccc2O)cc1C(F)(F)F. The van der Waals surface area contributed by atoms with Gasteiger partial charge in [0.1, 0.15) is 17.3 Å². The number of halogens is 4. The Morgan fingerprint density at radius 3 is 2.66 bits per heavy atom. The van der Waals surface area contributed by atoms with Crippen LogP contribution in [0.1, 0.15) is 28.8 Å². The van der Waals surface area contributed by atoms with Gasteiger partial charge in [-0.05, 0) is 37.0 Å². The van der Waals surface area contributed by atoms with E-state index < -0.39 is 23.2 Å². The first-order valence-corrected chi connectivity index (χ1v) is 9.28. The van der Waals surface area contributed by atoms with E-state index in [0.717, 1.165) is 23.5 Å². The third kappa shape index (κ3) is 5.10. The van der Waals surface area contributed by atoms with Crippen LogP contribution in [0.3, 0.4) is 0 Å². The molecule has 6 nitrogen and oxygen atoms in total. The first-order chi connectivity index (χ1) is 13.8. The van der Waals surface area contributed by atoms with Gasteiger partial charge in [-0.2, -0.15) is 13.2 Å². The lowest BCUT2D eigenvalue weighted by Crippen LogP contribution is -2.33. The van der Waals surface area contributed by atoms with Crippen LogP contribution in [0.15, 0.2) is 36.5 Å². The average Bonchev–Trinajstić information content (AvgIpc) is 2.71. The van der Waals surface area contributed by atoms with Gasteiger partial charge in [0, 0.05) is 37.7 Å². The quantitative estimate of drug-likeness (QED) is 0.695. The van der Waals surface area contributed by atoms with Crippen LogP contribution in [0.25, 0.3) is 0 Å². The second kappa shape index (κ2) is 8.87. The van der Waals surface area contributed by atoms with Crippen LogP contribution in [-0.4, -0.2) is 35.8 Å². The molecule has 29 heavy (non-hydrogen) atoms. The molecule has 1 saturated heterocycles. The van der Waals surface area contributed by atoms with Crippen molar-refractivity contribution >= 4 is 29.2 Å². The molecule has 0 aliphatic carbocycles. The maximum atomic E-state index is 13.6. The standard InChI is InChI=1S/C19H19ClF3N3O3/c20-26(15-3-1-2-4-16(15)27)17-9-14(19(21,22)23)13(11-24-17)18(28)25-10-12-5-7-29-8-6-12/h1-4,9,11-12,27H,5-8,10H2,(H,25,28). The minimum Gasteiger partial charge on any atom is -0.506 e. The number of aromatic hydroxyl groups is 1. The largest absolute Gasteiger partial charge is 0.506 e. The molecule has 0 saturated carbocycles. The molecule has 10 heteroatoms. The molecule has 3 rings (SSSR count). The number of pyridine rings is 1. The Morgan fingerprint density at radius 1 is 1.31 bits per heavy atom. The van der Waals surface area contributed by atoms with Crippen LogP contribution in [0, 0.1) is 5.92 Å². The summed E-state index contributed by atoms with van der Waals surface area (Å²) in [5.74, 6) is -1.20. The molecule has 2 aromatic rings. The van der Waals surface area contributed by atoms with E-state index in [4.69, 9.17) is 16.5 Å². The number of alkyl halides is 3. The van der Waals surface area contributed by atoms with E-state index in [-0.39, 0.29) is 29.7 Å². The highest BCUT2D eigenvalue weighted by molar-refractivity contribution is 6.29. The summed E-state index contributed by atoms with van der Waals surface area (Å²) < 4.78 is 46.8. The summed E-state index contributed by atoms with van der Waals surface area (Å²) in [4.78, 5) is 16.3. The molecule has 2 heterocycles. The summed E-state index contributed by atoms with van der Waals surface area (Å²) in [6.45, 7) is 1.41. The molecule has 0 spiro atoms. The number of nitrogens with zero attached hydrogens (tertiary/aromatic N) is 2. The number of hydrogen-bond donors (Lipinski definition) is 2. The number of aromatic nitrogens is 1. The molecule has 1 aromatic heterocycles. The van der Waals surface area contributed by atoms with E-state index in [1.165, 1.54) is 12.1 Å². The number of anilines is 2. The lowest BCUT2D eigenvalue weighted by molar-refractivity contribution is -0.138. The summed E-state index contributed by atoms with van der Waals surface area (Å²) in [6.07, 6.45) is -2.47. The Bertz CT molecular complexity index is 873. The summed E-state index contributed by atoms with van der Waals surface area (Å²) >= 11 is 6.08. The van der Waals surface area contributed by atoms with Gasteiger partial charge in [-0.15, -0.1) is 0 Å². The summed E-state index contributed by atoms with van der Waals surface area (Å²) in [7, 11) is 0. The fourth-order valence-electron chi connectivity index (χ4n) is 3.00. The van der Waals surface area contributed by atoms with Gasteiger partial charge in [0.05, 0.1) is 11.1 Å². The monoisotopic (exact) mass is 429 g/mol. The number of benzene rings is 1. The van der Waals surface area contributed by atoms with Gasteiger partial charge in [-0.25, -0.2) is 9.40 Å². The maximum Gasteiger partial charge on any atom is 0.417 e. The molecule has 1 fully saturated rings. The molecule has 1 amide bonds. The second-order valence-electron chi connectivity index (χ2n) is 6.62. The van der Waals surface area contributed by atoms with Crippen molar-refractivity contribution in [2.45, 2.75) is 19.0 Å². The lowest BCUT2D eigenvalue weighted by atomic mass is 10.00. The Kier molecular flexibility index (Phi) is 6.49. The zero-order valence-corrected chi connectivity index (χ0v) is 16.0. The predicted molar refractivity (Wildman–Crippen MR) is 101 cm³/mol. The van der Waals surface area contributed by atoms with Crippen molar-refractivity contribution in [2.75, 3.05) is 24.2 Å². The smallest absolute Gasteiger partial charge is 0.417 e. The third-order valence-corrected chi connectivity index (χ3v) is 4.98. The Morgan fingerprint density at radius 2 is 2.00 bits per heavy atom. The van der Waals surface area contributed by atoms with E-state index >= 15 is 0 Å². The number of ether oxygens (including phenoxy) is 1. The number of phenols is 1. The highest BCUT2D eigenvalue weighted by Crippen LogP contribution is 2.38. The van der Waals surface area contributed by atoms with Crippen molar-refractivity contribution in [2.24, 2.45) is 5.92 Å². The molecule has 0 radical (unpaired) electrons. The van der Waals surface area contributed by atoms with Crippen LogP contribution < -0.4 is 9.74 Å². The number of carbonyl (C=O) groups is 1. The van der Waals surface area contributed by atoms with Gasteiger partial charge >= 0.3 is 6.18 Å². The van der Waals surface area contributed by atoms with Gasteiger partial charge in [-0.3, -0.25) is 4.79 Å². The normalized spacial score (nSPS) is 15.2. The minimum atomic E-state index is -4.79. The zero-order valence-electron chi connectivity index (χ0n) is 15.2. The van der Waals surface area contributed by atoms with Crippen molar-refractivity contribution in [1.82, 2.24) is 10.3 Å². The number of para-hydroxylation sites is 2. The number of nitrogens with one attached hydrogen (secondary N) is 1. The van der Waals surface area contributed by atoms with Gasteiger partial charge in [0.25, 0.3) is 5.91 Å². The lowest BCUT2D eigenvalue weighted by Gasteiger charge is -2.23. The van der Waals surface area contributed by atoms with E-state index in [1.807, 2.05) is 0 Å². The summed E-state index contributed by atoms with van der Waals surface area (Å²) in [5.41, 5.74) is -1.68. The number of hydrogen-bond acceptors (Lipinski definition) is 5. The van der Waals surface area contributed by atoms with Crippen molar-refractivity contribution < 1.29 is 27.8 Å². The molecule has 1 aliphatic heterocycles. The molecule has 0 unspecified atom stereocenters. The van der Waals surface area contributed by atoms with E-state index in [1.54, 1.807) is 12.1 Å². The number of rotatable bonds is 5. The van der Waals surface area contributed by atoms with Crippen molar-refractivity contribution in [3.8, 4) is 5.75 Å². The average molecular weight is 430 g/mol. The maximum absolute atomic E-state index is 13.6. The summed E-state index contributed by atoms with van der Waals surface area (Å²) in [5, 5.41) is 12.4. The van der Waals surface area contributed by atoms with Crippen molar-refractivity contribution in [3.05, 3.63) is 47.7 Å². The molecule has 0 bridgehead atoms. The van der Waals surface area contributed by atoms with Crippen LogP contribution in [0.4, 0.5) is 24.7 Å². The molecule has 1 aromatic carbocycles. The van der Waals surface area contributed by atoms with Crippen LogP contribution >= 0.6 is 11.8 Å². The number of phenolic OH excluding ortho intramolecular Hbond substituents is 1. The Labute approximate surface area is 170 Å². The van der Waals surface area contributed by atoms with Crippen LogP contribution in [0.5, 0.6) is 5.75 Å². The van der Waals surface area contributed by atoms with Crippen molar-refractivity contribution in [1.29, 1.82) is 0 Å². The molecule has 0 atom stereocenters. The molecular weight excluding hydrogens is 411 g/mol. The Balaban J connectivity index is 1.84. The highest BCUT2D eigenvalue weighted by Gasteiger charge is 2.36. The molecule has 1 aliphatic rings. The van der Waals surface area contributed by atoms with Gasteiger partial charge in [0.15, 0.2) is 0 Å². The highest BCUT2D eigenvalue weighted by atomic mass is 35.5. The number of carbonyl (C=O) groups excluding carboxylic acids is 1. The Hall–Kier alpha value is -2.52. The fraction of sp³-hybridized carbons (Fsp3) is 0.368. The molecular formula is C19H19ClF3N3O3. The van der Waals surface area contributed by atoms with Gasteiger partial charge in [0.2, 0.25) is 0 Å². The summed E-state index contributed by atoms with van der Waals surface area (Å²) in [6, 6.07) is 6.55. The van der Waals surface area contributed by atoms with E-state index in [0.29, 0.717) is 19.3 Å². The first kappa shape index (κ1) is 21.2. The van der Waals surface area contributed by atoms with Gasteiger partial charge < -0.3 is 15.2 Å². The zero-order chi connectivity index (χ0) is 21.0. The van der Waals surface area contributed by atoms with Crippen molar-refractivity contribution in [3.63, 3.8) is 0 Å². The van der Waals surface area contributed by atoms with E-state index in [2.05, 4.69) is 10.3 Å². The first-order valence-electron chi connectivity index (χ1n) is 8.94. The second-order valence-corrected chi connectivity index (χ2v) is 6.96. The third-order valence-electron chi connectivity index (χ3n) is 4.63. The van der Waals surface area contributed by atoms with Crippen LogP contribution in [-0.2, 0) is 10.9 Å². The van der Waals surface area contributed by atoms with Crippen LogP contribution in [0.2, 0.25) is 0 Å². The minimum absolute atomic E-state index is 0.0616. The van der Waals surface area contributed by atoms with E-state index in [9.17, 15) is 23.1 Å². The number of amides is 1. The molecule has 2 N–H and O–H groups in total. The van der Waals surface area contributed by atoms with Gasteiger partial charge in [-0.1, -0.05) is 12.1 Å². The molecule has 156 valence electrons. The predicted octanol–water partition coefficient (Wildman–Crippen LogP) is 4.25.